The first-order valence-corrected chi connectivity index (χ1v) is 7.91. The molecule has 21 heavy (non-hydrogen) atoms. The van der Waals surface area contributed by atoms with Gasteiger partial charge in [0.25, 0.3) is 0 Å². The van der Waals surface area contributed by atoms with Gasteiger partial charge in [0, 0.05) is 30.2 Å². The Balaban J connectivity index is 1.83. The maximum atomic E-state index is 11.7. The smallest absolute Gasteiger partial charge is 0.409 e. The van der Waals surface area contributed by atoms with Crippen molar-refractivity contribution in [3.63, 3.8) is 0 Å². The van der Waals surface area contributed by atoms with E-state index < -0.39 is 0 Å². The molecule has 5 heteroatoms. The summed E-state index contributed by atoms with van der Waals surface area (Å²) in [5.74, 6) is 0. The van der Waals surface area contributed by atoms with Gasteiger partial charge in [-0.3, -0.25) is 0 Å². The van der Waals surface area contributed by atoms with Gasteiger partial charge in [-0.25, -0.2) is 4.79 Å². The highest BCUT2D eigenvalue weighted by molar-refractivity contribution is 6.31. The van der Waals surface area contributed by atoms with E-state index in [9.17, 15) is 4.79 Å². The molecule has 4 nitrogen and oxygen atoms in total. The molecule has 0 bridgehead atoms. The summed E-state index contributed by atoms with van der Waals surface area (Å²) in [6.07, 6.45) is 1.68. The number of hydrogen-bond donors (Lipinski definition) is 1. The van der Waals surface area contributed by atoms with Gasteiger partial charge in [-0.05, 0) is 38.3 Å². The molecule has 0 aliphatic carbocycles. The second kappa shape index (κ2) is 7.66. The molecule has 116 valence electrons. The summed E-state index contributed by atoms with van der Waals surface area (Å²) in [4.78, 5) is 13.4. The van der Waals surface area contributed by atoms with E-state index in [2.05, 4.69) is 12.2 Å². The Bertz CT molecular complexity index is 473. The summed E-state index contributed by atoms with van der Waals surface area (Å²) in [5.41, 5.74) is 1.12. The van der Waals surface area contributed by atoms with Crippen molar-refractivity contribution < 1.29 is 9.53 Å². The number of nitrogens with one attached hydrogen (secondary N) is 1. The lowest BCUT2D eigenvalue weighted by Gasteiger charge is -2.33. The van der Waals surface area contributed by atoms with Crippen LogP contribution in [0.3, 0.4) is 0 Å². The van der Waals surface area contributed by atoms with Crippen molar-refractivity contribution in [2.75, 3.05) is 19.7 Å². The molecule has 1 heterocycles. The van der Waals surface area contributed by atoms with Crippen LogP contribution in [0.15, 0.2) is 24.3 Å². The first kappa shape index (κ1) is 16.1. The maximum absolute atomic E-state index is 11.7. The summed E-state index contributed by atoms with van der Waals surface area (Å²) in [7, 11) is 0. The summed E-state index contributed by atoms with van der Waals surface area (Å²) >= 11 is 6.23. The Morgan fingerprint density at radius 2 is 2.10 bits per heavy atom. The molecule has 1 aromatic carbocycles. The lowest BCUT2D eigenvalue weighted by molar-refractivity contribution is 0.0944. The van der Waals surface area contributed by atoms with Crippen LogP contribution in [0.2, 0.25) is 5.02 Å². The standard InChI is InChI=1S/C16H23ClN2O2/c1-3-21-16(20)19-10-8-13(9-11-19)18-12(2)14-6-4-5-7-15(14)17/h4-7,12-13,18H,3,8-11H2,1-2H3/t12-/m0/s1. The number of hydrogen-bond acceptors (Lipinski definition) is 3. The zero-order valence-electron chi connectivity index (χ0n) is 12.6. The van der Waals surface area contributed by atoms with Gasteiger partial charge in [0.1, 0.15) is 0 Å². The molecule has 0 unspecified atom stereocenters. The number of halogens is 1. The van der Waals surface area contributed by atoms with E-state index in [1.165, 1.54) is 0 Å². The van der Waals surface area contributed by atoms with Crippen LogP contribution in [0.4, 0.5) is 4.79 Å². The Hall–Kier alpha value is -1.26. The third-order valence-corrected chi connectivity index (χ3v) is 4.22. The molecule has 1 fully saturated rings. The zero-order valence-corrected chi connectivity index (χ0v) is 13.4. The van der Waals surface area contributed by atoms with Crippen molar-refractivity contribution in [1.29, 1.82) is 0 Å². The molecule has 1 aliphatic heterocycles. The molecule has 1 saturated heterocycles. The van der Waals surface area contributed by atoms with Crippen molar-refractivity contribution in [2.45, 2.75) is 38.8 Å². The highest BCUT2D eigenvalue weighted by Gasteiger charge is 2.24. The van der Waals surface area contributed by atoms with Crippen LogP contribution in [-0.2, 0) is 4.74 Å². The van der Waals surface area contributed by atoms with Crippen molar-refractivity contribution in [1.82, 2.24) is 10.2 Å². The fourth-order valence-corrected chi connectivity index (χ4v) is 3.01. The van der Waals surface area contributed by atoms with E-state index in [1.807, 2.05) is 31.2 Å². The summed E-state index contributed by atoms with van der Waals surface area (Å²) in [6.45, 7) is 5.87. The van der Waals surface area contributed by atoms with Crippen LogP contribution in [0.1, 0.15) is 38.3 Å². The van der Waals surface area contributed by atoms with Crippen LogP contribution < -0.4 is 5.32 Å². The Morgan fingerprint density at radius 1 is 1.43 bits per heavy atom. The molecule has 0 aromatic heterocycles. The van der Waals surface area contributed by atoms with E-state index in [4.69, 9.17) is 16.3 Å². The molecule has 1 N–H and O–H groups in total. The van der Waals surface area contributed by atoms with Gasteiger partial charge in [0.15, 0.2) is 0 Å². The second-order valence-electron chi connectivity index (χ2n) is 5.37. The molecule has 0 saturated carbocycles. The van der Waals surface area contributed by atoms with Gasteiger partial charge in [-0.15, -0.1) is 0 Å². The van der Waals surface area contributed by atoms with Crippen LogP contribution >= 0.6 is 11.6 Å². The van der Waals surface area contributed by atoms with Gasteiger partial charge < -0.3 is 15.0 Å². The normalized spacial score (nSPS) is 17.6. The number of amides is 1. The highest BCUT2D eigenvalue weighted by atomic mass is 35.5. The van der Waals surface area contributed by atoms with Gasteiger partial charge in [-0.2, -0.15) is 0 Å². The minimum atomic E-state index is -0.199. The number of carbonyl (C=O) groups is 1. The van der Waals surface area contributed by atoms with E-state index in [-0.39, 0.29) is 12.1 Å². The molecule has 0 spiro atoms. The van der Waals surface area contributed by atoms with Crippen molar-refractivity contribution in [3.8, 4) is 0 Å². The predicted molar refractivity (Wildman–Crippen MR) is 84.6 cm³/mol. The van der Waals surface area contributed by atoms with Crippen LogP contribution in [0, 0.1) is 0 Å². The third kappa shape index (κ3) is 4.35. The maximum Gasteiger partial charge on any atom is 0.409 e. The van der Waals surface area contributed by atoms with Crippen LogP contribution in [-0.4, -0.2) is 36.7 Å². The SMILES string of the molecule is CCOC(=O)N1CCC(N[C@@H](C)c2ccccc2Cl)CC1. The Labute approximate surface area is 131 Å². The Morgan fingerprint density at radius 3 is 2.71 bits per heavy atom. The molecule has 1 amide bonds. The lowest BCUT2D eigenvalue weighted by atomic mass is 10.0. The Kier molecular flexibility index (Phi) is 5.88. The largest absolute Gasteiger partial charge is 0.450 e. The minimum Gasteiger partial charge on any atom is -0.450 e. The fourth-order valence-electron chi connectivity index (χ4n) is 2.71. The summed E-state index contributed by atoms with van der Waals surface area (Å²) < 4.78 is 5.03. The summed E-state index contributed by atoms with van der Waals surface area (Å²) in [5, 5.41) is 4.40. The van der Waals surface area contributed by atoms with E-state index in [1.54, 1.807) is 4.90 Å². The average Bonchev–Trinajstić information content (AvgIpc) is 2.48. The van der Waals surface area contributed by atoms with E-state index >= 15 is 0 Å². The van der Waals surface area contributed by atoms with Gasteiger partial charge in [0.2, 0.25) is 0 Å². The average molecular weight is 311 g/mol. The summed E-state index contributed by atoms with van der Waals surface area (Å²) in [6, 6.07) is 8.52. The number of piperidine rings is 1. The van der Waals surface area contributed by atoms with Gasteiger partial charge >= 0.3 is 6.09 Å². The molecule has 1 aliphatic rings. The molecular formula is C16H23ClN2O2. The molecule has 0 radical (unpaired) electrons. The fraction of sp³-hybridized carbons (Fsp3) is 0.562. The predicted octanol–water partition coefficient (Wildman–Crippen LogP) is 3.61. The lowest BCUT2D eigenvalue weighted by Crippen LogP contribution is -2.45. The molecule has 1 atom stereocenters. The second-order valence-corrected chi connectivity index (χ2v) is 5.78. The monoisotopic (exact) mass is 310 g/mol. The minimum absolute atomic E-state index is 0.199. The number of nitrogens with zero attached hydrogens (tertiary/aromatic N) is 1. The van der Waals surface area contributed by atoms with Gasteiger partial charge in [0.05, 0.1) is 6.61 Å². The zero-order chi connectivity index (χ0) is 15.2. The van der Waals surface area contributed by atoms with Crippen molar-refractivity contribution in [3.05, 3.63) is 34.9 Å². The third-order valence-electron chi connectivity index (χ3n) is 3.88. The number of benzene rings is 1. The number of carbonyl (C=O) groups excluding carboxylic acids is 1. The molecular weight excluding hydrogens is 288 g/mol. The van der Waals surface area contributed by atoms with Crippen LogP contribution in [0.25, 0.3) is 0 Å². The molecule has 1 aromatic rings. The quantitative estimate of drug-likeness (QED) is 0.923. The van der Waals surface area contributed by atoms with Crippen molar-refractivity contribution >= 4 is 17.7 Å². The van der Waals surface area contributed by atoms with Crippen molar-refractivity contribution in [2.24, 2.45) is 0 Å². The first-order chi connectivity index (χ1) is 10.1. The first-order valence-electron chi connectivity index (χ1n) is 7.54. The van der Waals surface area contributed by atoms with E-state index in [0.29, 0.717) is 12.6 Å². The van der Waals surface area contributed by atoms with Crippen LogP contribution in [0.5, 0.6) is 0 Å². The van der Waals surface area contributed by atoms with E-state index in [0.717, 1.165) is 36.5 Å². The number of ether oxygens (including phenoxy) is 1. The van der Waals surface area contributed by atoms with Gasteiger partial charge in [-0.1, -0.05) is 29.8 Å². The highest BCUT2D eigenvalue weighted by Crippen LogP contribution is 2.24. The topological polar surface area (TPSA) is 41.6 Å². The number of likely N-dealkylation sites (tertiary alicyclic amines) is 1. The number of rotatable bonds is 4. The molecule has 2 rings (SSSR count).